The first-order chi connectivity index (χ1) is 17.5. The van der Waals surface area contributed by atoms with Gasteiger partial charge in [-0.15, -0.1) is 0 Å². The summed E-state index contributed by atoms with van der Waals surface area (Å²) in [7, 11) is 0. The van der Waals surface area contributed by atoms with E-state index in [9.17, 15) is 10.1 Å². The predicted molar refractivity (Wildman–Crippen MR) is 152 cm³/mol. The van der Waals surface area contributed by atoms with E-state index in [-0.39, 0.29) is 11.8 Å². The maximum Gasteiger partial charge on any atom is 0.248 e. The van der Waals surface area contributed by atoms with Gasteiger partial charge in [-0.1, -0.05) is 39.3 Å². The second-order valence-electron chi connectivity index (χ2n) is 10.2. The number of nitrogens with one attached hydrogen (secondary N) is 2. The quantitative estimate of drug-likeness (QED) is 0.437. The van der Waals surface area contributed by atoms with Gasteiger partial charge in [0, 0.05) is 35.5 Å². The molecule has 3 rings (SSSR count). The Morgan fingerprint density at radius 2 is 1.95 bits per heavy atom. The van der Waals surface area contributed by atoms with Gasteiger partial charge in [-0.2, -0.15) is 5.26 Å². The van der Waals surface area contributed by atoms with Gasteiger partial charge in [-0.3, -0.25) is 4.79 Å². The molecule has 2 N–H and O–H groups in total. The maximum atomic E-state index is 14.1. The van der Waals surface area contributed by atoms with Crippen LogP contribution >= 0.6 is 0 Å². The van der Waals surface area contributed by atoms with Crippen LogP contribution in [-0.2, 0) is 4.79 Å². The Morgan fingerprint density at radius 3 is 2.54 bits per heavy atom. The molecule has 0 saturated heterocycles. The highest BCUT2D eigenvalue weighted by atomic mass is 16.5. The Morgan fingerprint density at radius 1 is 1.27 bits per heavy atom. The predicted octanol–water partition coefficient (Wildman–Crippen LogP) is 6.81. The summed E-state index contributed by atoms with van der Waals surface area (Å²) in [6.45, 7) is 21.4. The summed E-state index contributed by atoms with van der Waals surface area (Å²) in [4.78, 5) is 18.7. The monoisotopic (exact) mass is 504 g/mol. The lowest BCUT2D eigenvalue weighted by atomic mass is 9.77. The van der Waals surface area contributed by atoms with E-state index in [4.69, 9.17) is 4.74 Å². The number of hydrogen-bond acceptors (Lipinski definition) is 5. The number of anilines is 1. The zero-order valence-corrected chi connectivity index (χ0v) is 24.3. The van der Waals surface area contributed by atoms with E-state index in [1.54, 1.807) is 0 Å². The average Bonchev–Trinajstić information content (AvgIpc) is 2.92. The first-order valence-electron chi connectivity index (χ1n) is 13.4. The summed E-state index contributed by atoms with van der Waals surface area (Å²) in [5.41, 5.74) is 6.59. The van der Waals surface area contributed by atoms with Crippen LogP contribution in [-0.4, -0.2) is 29.6 Å². The topological polar surface area (TPSA) is 87.0 Å². The number of carbonyl (C=O) groups is 1. The number of allylic oxidation sites excluding steroid dienone is 1. The molecule has 0 saturated carbocycles. The smallest absolute Gasteiger partial charge is 0.248 e. The number of nitriles is 1. The molecule has 0 bridgehead atoms. The SMILES string of the molecule is CC.CCOc1ncc(C)c(C)c1C1/C(=C(/C)C(C)CC)C(=O)NC(C)(C)CNc2cc(C#N)ccc21. The van der Waals surface area contributed by atoms with Crippen molar-refractivity contribution in [1.82, 2.24) is 10.3 Å². The minimum Gasteiger partial charge on any atom is -0.478 e. The van der Waals surface area contributed by atoms with Crippen LogP contribution in [0.4, 0.5) is 5.69 Å². The normalized spacial score (nSPS) is 18.7. The van der Waals surface area contributed by atoms with Gasteiger partial charge in [0.1, 0.15) is 0 Å². The Balaban J connectivity index is 0.00000235. The van der Waals surface area contributed by atoms with Gasteiger partial charge in [0.05, 0.1) is 23.8 Å². The van der Waals surface area contributed by atoms with Crippen molar-refractivity contribution in [2.75, 3.05) is 18.5 Å². The molecule has 37 heavy (non-hydrogen) atoms. The molecule has 0 spiro atoms. The van der Waals surface area contributed by atoms with E-state index in [2.05, 4.69) is 49.4 Å². The van der Waals surface area contributed by atoms with Crippen molar-refractivity contribution in [2.45, 2.75) is 87.1 Å². The molecule has 0 aliphatic carbocycles. The number of aromatic nitrogens is 1. The molecule has 0 radical (unpaired) electrons. The minimum absolute atomic E-state index is 0.0832. The lowest BCUT2D eigenvalue weighted by Crippen LogP contribution is -2.49. The van der Waals surface area contributed by atoms with Crippen molar-refractivity contribution < 1.29 is 9.53 Å². The number of carbonyl (C=O) groups excluding carboxylic acids is 1. The van der Waals surface area contributed by atoms with Crippen LogP contribution in [0.5, 0.6) is 5.88 Å². The molecule has 1 aromatic heterocycles. The van der Waals surface area contributed by atoms with Crippen LogP contribution in [0.25, 0.3) is 0 Å². The summed E-state index contributed by atoms with van der Waals surface area (Å²) in [5.74, 6) is 0.254. The zero-order valence-electron chi connectivity index (χ0n) is 24.3. The molecular weight excluding hydrogens is 460 g/mol. The van der Waals surface area contributed by atoms with E-state index in [0.29, 0.717) is 24.6 Å². The van der Waals surface area contributed by atoms with E-state index in [0.717, 1.165) is 45.5 Å². The number of fused-ring (bicyclic) bond motifs is 1. The van der Waals surface area contributed by atoms with E-state index < -0.39 is 11.5 Å². The summed E-state index contributed by atoms with van der Waals surface area (Å²) in [5, 5.41) is 16.4. The number of hydrogen-bond donors (Lipinski definition) is 2. The van der Waals surface area contributed by atoms with Crippen molar-refractivity contribution in [1.29, 1.82) is 5.26 Å². The molecule has 2 aromatic rings. The fourth-order valence-electron chi connectivity index (χ4n) is 4.62. The molecule has 1 aromatic carbocycles. The Bertz CT molecular complexity index is 1190. The number of rotatable bonds is 5. The Kier molecular flexibility index (Phi) is 10.3. The van der Waals surface area contributed by atoms with Crippen LogP contribution in [0.15, 0.2) is 35.5 Å². The van der Waals surface area contributed by atoms with Crippen molar-refractivity contribution in [3.63, 3.8) is 0 Å². The second kappa shape index (κ2) is 12.8. The lowest BCUT2D eigenvalue weighted by molar-refractivity contribution is -0.119. The molecule has 2 unspecified atom stereocenters. The lowest BCUT2D eigenvalue weighted by Gasteiger charge is -2.30. The second-order valence-corrected chi connectivity index (χ2v) is 10.2. The standard InChI is InChI=1S/C29H38N4O2.C2H6/c1-9-17(3)19(5)24-26(25-20(6)18(4)15-31-28(25)35-10-2)22-12-11-21(14-30)13-23(22)32-16-29(7,8)33-27(24)34;1-2/h11-13,15,17,26,32H,9-10,16H2,1-8H3,(H,33,34);1-2H3/b24-19+;. The van der Waals surface area contributed by atoms with Gasteiger partial charge in [0.15, 0.2) is 0 Å². The van der Waals surface area contributed by atoms with Gasteiger partial charge in [0.2, 0.25) is 11.8 Å². The maximum absolute atomic E-state index is 14.1. The highest BCUT2D eigenvalue weighted by Gasteiger charge is 2.37. The number of benzene rings is 1. The highest BCUT2D eigenvalue weighted by Crippen LogP contribution is 2.45. The molecule has 1 amide bonds. The van der Waals surface area contributed by atoms with Crippen LogP contribution in [0, 0.1) is 31.1 Å². The number of ether oxygens (including phenoxy) is 1. The first kappa shape index (κ1) is 29.9. The largest absolute Gasteiger partial charge is 0.478 e. The van der Waals surface area contributed by atoms with Gasteiger partial charge in [-0.05, 0) is 82.7 Å². The molecule has 2 atom stereocenters. The van der Waals surface area contributed by atoms with E-state index >= 15 is 0 Å². The summed E-state index contributed by atoms with van der Waals surface area (Å²) >= 11 is 0. The summed E-state index contributed by atoms with van der Waals surface area (Å²) < 4.78 is 6.04. The summed E-state index contributed by atoms with van der Waals surface area (Å²) in [6, 6.07) is 7.93. The van der Waals surface area contributed by atoms with Crippen LogP contribution in [0.1, 0.15) is 95.5 Å². The van der Waals surface area contributed by atoms with E-state index in [1.165, 1.54) is 0 Å². The average molecular weight is 505 g/mol. The first-order valence-corrected chi connectivity index (χ1v) is 13.4. The van der Waals surface area contributed by atoms with Gasteiger partial charge in [-0.25, -0.2) is 4.98 Å². The Labute approximate surface area is 223 Å². The summed E-state index contributed by atoms with van der Waals surface area (Å²) in [6.07, 6.45) is 2.74. The van der Waals surface area contributed by atoms with Crippen LogP contribution < -0.4 is 15.4 Å². The number of amides is 1. The number of aryl methyl sites for hydroxylation is 1. The zero-order chi connectivity index (χ0) is 27.9. The van der Waals surface area contributed by atoms with Crippen molar-refractivity contribution in [2.24, 2.45) is 5.92 Å². The molecule has 1 aliphatic heterocycles. The molecule has 6 heteroatoms. The molecular formula is C31H44N4O2. The van der Waals surface area contributed by atoms with Crippen molar-refractivity contribution in [3.05, 3.63) is 63.4 Å². The van der Waals surface area contributed by atoms with Crippen molar-refractivity contribution in [3.8, 4) is 11.9 Å². The molecule has 0 fully saturated rings. The van der Waals surface area contributed by atoms with Crippen molar-refractivity contribution >= 4 is 11.6 Å². The van der Waals surface area contributed by atoms with Gasteiger partial charge < -0.3 is 15.4 Å². The van der Waals surface area contributed by atoms with Crippen LogP contribution in [0.3, 0.4) is 0 Å². The third-order valence-electron chi connectivity index (χ3n) is 7.15. The molecule has 2 heterocycles. The highest BCUT2D eigenvalue weighted by molar-refractivity contribution is 5.98. The van der Waals surface area contributed by atoms with Crippen LogP contribution in [0.2, 0.25) is 0 Å². The van der Waals surface area contributed by atoms with Gasteiger partial charge >= 0.3 is 0 Å². The molecule has 6 nitrogen and oxygen atoms in total. The molecule has 1 aliphatic rings. The molecule has 200 valence electrons. The fourth-order valence-corrected chi connectivity index (χ4v) is 4.62. The van der Waals surface area contributed by atoms with E-state index in [1.807, 2.05) is 65.9 Å². The fraction of sp³-hybridized carbons (Fsp3) is 0.516. The third kappa shape index (κ3) is 6.52. The Hall–Kier alpha value is -3.33. The number of nitrogens with zero attached hydrogens (tertiary/aromatic N) is 2. The minimum atomic E-state index is -0.504. The van der Waals surface area contributed by atoms with Gasteiger partial charge in [0.25, 0.3) is 0 Å². The third-order valence-corrected chi connectivity index (χ3v) is 7.15. The number of pyridine rings is 1.